The summed E-state index contributed by atoms with van der Waals surface area (Å²) in [6.45, 7) is 1.32. The lowest BCUT2D eigenvalue weighted by Crippen LogP contribution is -2.40. The molecule has 2 fully saturated rings. The van der Waals surface area contributed by atoms with Crippen LogP contribution in [-0.2, 0) is 4.74 Å². The molecule has 2 aliphatic carbocycles. The minimum Gasteiger partial charge on any atom is -0.446 e. The Kier molecular flexibility index (Phi) is 3.07. The first-order valence-electron chi connectivity index (χ1n) is 6.96. The molecule has 0 saturated heterocycles. The van der Waals surface area contributed by atoms with Crippen molar-refractivity contribution in [3.63, 3.8) is 0 Å². The molecule has 2 aliphatic rings. The molecule has 4 N–H and O–H groups in total. The lowest BCUT2D eigenvalue weighted by atomic mass is 10.0. The second-order valence-corrected chi connectivity index (χ2v) is 6.12. The molecule has 0 radical (unpaired) electrons. The largest absolute Gasteiger partial charge is 0.446 e. The third-order valence-electron chi connectivity index (χ3n) is 4.35. The Bertz CT molecular complexity index is 562. The third kappa shape index (κ3) is 2.66. The number of carbonyl (C=O) groups excluding carboxylic acids is 1. The SMILES string of the molecule is CC1(NC(=O)O[C@@H]2CCC(c3cc(N)n[nH]3)C2)CC1(F)F. The van der Waals surface area contributed by atoms with Crippen LogP contribution in [0.5, 0.6) is 0 Å². The van der Waals surface area contributed by atoms with Crippen LogP contribution in [0.2, 0.25) is 0 Å². The van der Waals surface area contributed by atoms with Crippen LogP contribution in [0, 0.1) is 0 Å². The molecule has 0 aliphatic heterocycles. The molecular formula is C13H18F2N4O2. The van der Waals surface area contributed by atoms with Crippen LogP contribution in [-0.4, -0.2) is 33.9 Å². The monoisotopic (exact) mass is 300 g/mol. The molecule has 1 aromatic heterocycles. The number of anilines is 1. The molecule has 0 spiro atoms. The summed E-state index contributed by atoms with van der Waals surface area (Å²) in [6.07, 6.45) is 0.801. The maximum atomic E-state index is 13.0. The van der Waals surface area contributed by atoms with Gasteiger partial charge in [0.25, 0.3) is 5.92 Å². The van der Waals surface area contributed by atoms with E-state index in [2.05, 4.69) is 15.5 Å². The Labute approximate surface area is 120 Å². The molecule has 21 heavy (non-hydrogen) atoms. The fourth-order valence-corrected chi connectivity index (χ4v) is 2.83. The van der Waals surface area contributed by atoms with E-state index in [4.69, 9.17) is 10.5 Å². The number of nitrogens with zero attached hydrogens (tertiary/aromatic N) is 1. The van der Waals surface area contributed by atoms with Gasteiger partial charge in [-0.15, -0.1) is 0 Å². The normalized spacial score (nSPS) is 33.7. The molecule has 116 valence electrons. The van der Waals surface area contributed by atoms with E-state index >= 15 is 0 Å². The minimum atomic E-state index is -2.84. The number of halogens is 2. The molecule has 2 unspecified atom stereocenters. The number of amides is 1. The second kappa shape index (κ2) is 4.57. The van der Waals surface area contributed by atoms with Crippen LogP contribution in [0.15, 0.2) is 6.07 Å². The van der Waals surface area contributed by atoms with E-state index in [9.17, 15) is 13.6 Å². The van der Waals surface area contributed by atoms with Gasteiger partial charge >= 0.3 is 6.09 Å². The van der Waals surface area contributed by atoms with Gasteiger partial charge in [-0.1, -0.05) is 0 Å². The number of hydrogen-bond donors (Lipinski definition) is 3. The third-order valence-corrected chi connectivity index (χ3v) is 4.35. The Balaban J connectivity index is 1.50. The summed E-state index contributed by atoms with van der Waals surface area (Å²) in [5.41, 5.74) is 5.01. The minimum absolute atomic E-state index is 0.200. The van der Waals surface area contributed by atoms with E-state index < -0.39 is 17.6 Å². The number of H-pyrrole nitrogens is 1. The lowest BCUT2D eigenvalue weighted by molar-refractivity contribution is 0.0657. The van der Waals surface area contributed by atoms with E-state index in [0.29, 0.717) is 18.7 Å². The first-order valence-corrected chi connectivity index (χ1v) is 6.96. The first kappa shape index (κ1) is 14.1. The lowest BCUT2D eigenvalue weighted by Gasteiger charge is -2.16. The molecule has 8 heteroatoms. The molecule has 3 rings (SSSR count). The molecule has 1 aromatic rings. The highest BCUT2D eigenvalue weighted by Gasteiger charge is 2.69. The number of nitrogens with two attached hydrogens (primary N) is 1. The zero-order valence-electron chi connectivity index (χ0n) is 11.7. The fourth-order valence-electron chi connectivity index (χ4n) is 2.83. The van der Waals surface area contributed by atoms with Gasteiger partial charge in [0.05, 0.1) is 0 Å². The van der Waals surface area contributed by atoms with Crippen molar-refractivity contribution in [2.24, 2.45) is 0 Å². The van der Waals surface area contributed by atoms with Crippen molar-refractivity contribution >= 4 is 11.9 Å². The van der Waals surface area contributed by atoms with Crippen molar-refractivity contribution in [3.8, 4) is 0 Å². The van der Waals surface area contributed by atoms with Crippen LogP contribution < -0.4 is 11.1 Å². The Hall–Kier alpha value is -1.86. The molecule has 0 bridgehead atoms. The molecule has 1 heterocycles. The summed E-state index contributed by atoms with van der Waals surface area (Å²) in [6, 6.07) is 1.76. The van der Waals surface area contributed by atoms with E-state index in [1.165, 1.54) is 6.92 Å². The van der Waals surface area contributed by atoms with Crippen LogP contribution in [0.1, 0.15) is 44.2 Å². The fraction of sp³-hybridized carbons (Fsp3) is 0.692. The average Bonchev–Trinajstić information content (AvgIpc) is 2.81. The topological polar surface area (TPSA) is 93.0 Å². The van der Waals surface area contributed by atoms with Gasteiger partial charge in [0.2, 0.25) is 0 Å². The van der Waals surface area contributed by atoms with Gasteiger partial charge in [-0.3, -0.25) is 5.10 Å². The number of aromatic amines is 1. The average molecular weight is 300 g/mol. The van der Waals surface area contributed by atoms with Gasteiger partial charge in [0.1, 0.15) is 17.5 Å². The van der Waals surface area contributed by atoms with Crippen molar-refractivity contribution in [1.82, 2.24) is 15.5 Å². The zero-order valence-corrected chi connectivity index (χ0v) is 11.7. The maximum Gasteiger partial charge on any atom is 0.408 e. The number of ether oxygens (including phenoxy) is 1. The van der Waals surface area contributed by atoms with Gasteiger partial charge in [-0.05, 0) is 26.2 Å². The van der Waals surface area contributed by atoms with Crippen molar-refractivity contribution in [3.05, 3.63) is 11.8 Å². The summed E-state index contributed by atoms with van der Waals surface area (Å²) >= 11 is 0. The molecule has 3 atom stereocenters. The predicted molar refractivity (Wildman–Crippen MR) is 71.0 cm³/mol. The standard InChI is InChI=1S/C13H18F2N4O2/c1-12(6-13(12,14)15)17-11(20)21-8-3-2-7(4-8)9-5-10(16)19-18-9/h5,7-8H,2-4,6H2,1H3,(H,17,20)(H3,16,18,19)/t7?,8-,12?/m1/s1. The Morgan fingerprint density at radius 2 is 2.29 bits per heavy atom. The molecule has 0 aromatic carbocycles. The van der Waals surface area contributed by atoms with E-state index in [0.717, 1.165) is 12.1 Å². The van der Waals surface area contributed by atoms with Gasteiger partial charge in [0, 0.05) is 24.1 Å². The summed E-state index contributed by atoms with van der Waals surface area (Å²) in [7, 11) is 0. The van der Waals surface area contributed by atoms with Crippen LogP contribution in [0.4, 0.5) is 19.4 Å². The van der Waals surface area contributed by atoms with Crippen LogP contribution in [0.25, 0.3) is 0 Å². The smallest absolute Gasteiger partial charge is 0.408 e. The van der Waals surface area contributed by atoms with Crippen molar-refractivity contribution in [1.29, 1.82) is 0 Å². The molecule has 6 nitrogen and oxygen atoms in total. The quantitative estimate of drug-likeness (QED) is 0.797. The van der Waals surface area contributed by atoms with Gasteiger partial charge in [-0.25, -0.2) is 13.6 Å². The Morgan fingerprint density at radius 3 is 2.86 bits per heavy atom. The number of aromatic nitrogens is 2. The molecule has 1 amide bonds. The highest BCUT2D eigenvalue weighted by Crippen LogP contribution is 2.52. The van der Waals surface area contributed by atoms with E-state index in [-0.39, 0.29) is 18.4 Å². The number of alkyl carbamates (subject to hydrolysis) is 1. The highest BCUT2D eigenvalue weighted by molar-refractivity contribution is 5.69. The zero-order chi connectivity index (χ0) is 15.3. The van der Waals surface area contributed by atoms with Crippen molar-refractivity contribution in [2.75, 3.05) is 5.73 Å². The van der Waals surface area contributed by atoms with Gasteiger partial charge < -0.3 is 15.8 Å². The number of nitrogens with one attached hydrogen (secondary N) is 2. The number of hydrogen-bond acceptors (Lipinski definition) is 4. The number of rotatable bonds is 3. The van der Waals surface area contributed by atoms with E-state index in [1.54, 1.807) is 6.07 Å². The first-order chi connectivity index (χ1) is 9.79. The summed E-state index contributed by atoms with van der Waals surface area (Å²) in [4.78, 5) is 11.7. The second-order valence-electron chi connectivity index (χ2n) is 6.12. The summed E-state index contributed by atoms with van der Waals surface area (Å²) in [5.74, 6) is -2.21. The number of nitrogen functional groups attached to an aromatic ring is 1. The number of alkyl halides is 2. The molecular weight excluding hydrogens is 282 g/mol. The van der Waals surface area contributed by atoms with Crippen molar-refractivity contribution in [2.45, 2.75) is 56.1 Å². The van der Waals surface area contributed by atoms with E-state index in [1.807, 2.05) is 0 Å². The number of carbonyl (C=O) groups is 1. The van der Waals surface area contributed by atoms with Crippen LogP contribution in [0.3, 0.4) is 0 Å². The van der Waals surface area contributed by atoms with Crippen LogP contribution >= 0.6 is 0 Å². The van der Waals surface area contributed by atoms with Crippen molar-refractivity contribution < 1.29 is 18.3 Å². The Morgan fingerprint density at radius 1 is 1.57 bits per heavy atom. The summed E-state index contributed by atoms with van der Waals surface area (Å²) in [5, 5.41) is 8.97. The highest BCUT2D eigenvalue weighted by atomic mass is 19.3. The summed E-state index contributed by atoms with van der Waals surface area (Å²) < 4.78 is 31.3. The predicted octanol–water partition coefficient (Wildman–Crippen LogP) is 2.15. The maximum absolute atomic E-state index is 13.0. The molecule has 2 saturated carbocycles. The van der Waals surface area contributed by atoms with Gasteiger partial charge in [0.15, 0.2) is 0 Å². The van der Waals surface area contributed by atoms with Gasteiger partial charge in [-0.2, -0.15) is 5.10 Å².